The van der Waals surface area contributed by atoms with Crippen LogP contribution < -0.4 is 10.9 Å². The van der Waals surface area contributed by atoms with Crippen molar-refractivity contribution in [1.29, 1.82) is 0 Å². The standard InChI is InChI=1S/C25H24N4OS/c1-17-12-13-18(2)22(14-17)27-25(31)29(15-19-8-4-3-5-9-19)16-23-26-21-11-7-6-10-20(21)24(30)28-23/h3-14H,15-16H2,1-2H3,(H,27,31)(H,26,28,30). The molecule has 6 heteroatoms. The van der Waals surface area contributed by atoms with Crippen molar-refractivity contribution in [2.45, 2.75) is 26.9 Å². The van der Waals surface area contributed by atoms with E-state index in [-0.39, 0.29) is 5.56 Å². The Kier molecular flexibility index (Phi) is 6.09. The van der Waals surface area contributed by atoms with Gasteiger partial charge in [-0.05, 0) is 61.0 Å². The molecule has 0 saturated carbocycles. The molecule has 4 rings (SSSR count). The summed E-state index contributed by atoms with van der Waals surface area (Å²) in [5.41, 5.74) is 4.90. The van der Waals surface area contributed by atoms with Crippen molar-refractivity contribution in [3.05, 3.63) is 106 Å². The van der Waals surface area contributed by atoms with Gasteiger partial charge in [0.25, 0.3) is 5.56 Å². The maximum atomic E-state index is 12.5. The van der Waals surface area contributed by atoms with E-state index < -0.39 is 0 Å². The van der Waals surface area contributed by atoms with Crippen LogP contribution in [0, 0.1) is 13.8 Å². The Labute approximate surface area is 186 Å². The second kappa shape index (κ2) is 9.10. The summed E-state index contributed by atoms with van der Waals surface area (Å²) in [7, 11) is 0. The van der Waals surface area contributed by atoms with E-state index in [0.29, 0.717) is 34.9 Å². The maximum absolute atomic E-state index is 12.5. The zero-order chi connectivity index (χ0) is 21.8. The van der Waals surface area contributed by atoms with Gasteiger partial charge < -0.3 is 15.2 Å². The van der Waals surface area contributed by atoms with Crippen molar-refractivity contribution >= 4 is 33.9 Å². The fourth-order valence-electron chi connectivity index (χ4n) is 3.46. The molecule has 3 aromatic carbocycles. The Hall–Kier alpha value is -3.51. The first-order chi connectivity index (χ1) is 15.0. The van der Waals surface area contributed by atoms with E-state index in [2.05, 4.69) is 52.5 Å². The van der Waals surface area contributed by atoms with E-state index in [1.54, 1.807) is 6.07 Å². The number of benzene rings is 3. The van der Waals surface area contributed by atoms with Gasteiger partial charge in [-0.15, -0.1) is 0 Å². The summed E-state index contributed by atoms with van der Waals surface area (Å²) in [4.78, 5) is 22.1. The number of hydrogen-bond acceptors (Lipinski definition) is 3. The predicted molar refractivity (Wildman–Crippen MR) is 130 cm³/mol. The first-order valence-electron chi connectivity index (χ1n) is 10.1. The van der Waals surface area contributed by atoms with Crippen molar-refractivity contribution in [3.8, 4) is 0 Å². The quantitative estimate of drug-likeness (QED) is 0.441. The summed E-state index contributed by atoms with van der Waals surface area (Å²) >= 11 is 5.78. The Bertz CT molecular complexity index is 1280. The first kappa shape index (κ1) is 20.8. The van der Waals surface area contributed by atoms with E-state index >= 15 is 0 Å². The number of aromatic nitrogens is 2. The number of thiocarbonyl (C=S) groups is 1. The second-order valence-corrected chi connectivity index (χ2v) is 8.01. The van der Waals surface area contributed by atoms with Gasteiger partial charge in [-0.25, -0.2) is 4.98 Å². The van der Waals surface area contributed by atoms with Gasteiger partial charge in [0.15, 0.2) is 5.11 Å². The van der Waals surface area contributed by atoms with Crippen LogP contribution in [0.5, 0.6) is 0 Å². The summed E-state index contributed by atoms with van der Waals surface area (Å²) in [6.07, 6.45) is 0. The Balaban J connectivity index is 1.65. The van der Waals surface area contributed by atoms with Crippen molar-refractivity contribution in [2.75, 3.05) is 5.32 Å². The lowest BCUT2D eigenvalue weighted by atomic mass is 10.1. The van der Waals surface area contributed by atoms with Crippen LogP contribution >= 0.6 is 12.2 Å². The van der Waals surface area contributed by atoms with Crippen LogP contribution in [0.15, 0.2) is 77.6 Å². The van der Waals surface area contributed by atoms with Crippen molar-refractivity contribution in [1.82, 2.24) is 14.9 Å². The smallest absolute Gasteiger partial charge is 0.258 e. The van der Waals surface area contributed by atoms with E-state index in [9.17, 15) is 4.79 Å². The van der Waals surface area contributed by atoms with E-state index in [1.807, 2.05) is 48.2 Å². The number of nitrogens with one attached hydrogen (secondary N) is 2. The largest absolute Gasteiger partial charge is 0.337 e. The Morgan fingerprint density at radius 3 is 2.55 bits per heavy atom. The highest BCUT2D eigenvalue weighted by atomic mass is 32.1. The highest BCUT2D eigenvalue weighted by molar-refractivity contribution is 7.80. The third-order valence-electron chi connectivity index (χ3n) is 5.14. The predicted octanol–water partition coefficient (Wildman–Crippen LogP) is 4.94. The number of nitrogens with zero attached hydrogens (tertiary/aromatic N) is 2. The van der Waals surface area contributed by atoms with Gasteiger partial charge in [0.1, 0.15) is 5.82 Å². The fourth-order valence-corrected chi connectivity index (χ4v) is 3.70. The molecule has 0 bridgehead atoms. The molecule has 0 aliphatic carbocycles. The summed E-state index contributed by atoms with van der Waals surface area (Å²) in [6.45, 7) is 5.08. The molecule has 0 spiro atoms. The first-order valence-corrected chi connectivity index (χ1v) is 10.6. The van der Waals surface area contributed by atoms with Crippen LogP contribution in [0.1, 0.15) is 22.5 Å². The lowest BCUT2D eigenvalue weighted by molar-refractivity contribution is 0.401. The zero-order valence-electron chi connectivity index (χ0n) is 17.6. The van der Waals surface area contributed by atoms with Crippen molar-refractivity contribution in [3.63, 3.8) is 0 Å². The molecular formula is C25H24N4OS. The highest BCUT2D eigenvalue weighted by Gasteiger charge is 2.15. The molecule has 0 amide bonds. The Morgan fingerprint density at radius 2 is 1.74 bits per heavy atom. The minimum absolute atomic E-state index is 0.145. The van der Waals surface area contributed by atoms with Gasteiger partial charge >= 0.3 is 0 Å². The fraction of sp³-hybridized carbons (Fsp3) is 0.160. The summed E-state index contributed by atoms with van der Waals surface area (Å²) in [6, 6.07) is 23.7. The molecular weight excluding hydrogens is 404 g/mol. The van der Waals surface area contributed by atoms with Crippen molar-refractivity contribution < 1.29 is 0 Å². The van der Waals surface area contributed by atoms with Crippen LogP contribution in [0.3, 0.4) is 0 Å². The Morgan fingerprint density at radius 1 is 1.00 bits per heavy atom. The van der Waals surface area contributed by atoms with Crippen LogP contribution in [0.4, 0.5) is 5.69 Å². The maximum Gasteiger partial charge on any atom is 0.258 e. The van der Waals surface area contributed by atoms with Crippen LogP contribution in [-0.4, -0.2) is 20.0 Å². The van der Waals surface area contributed by atoms with E-state index in [1.165, 1.54) is 0 Å². The number of hydrogen-bond donors (Lipinski definition) is 2. The lowest BCUT2D eigenvalue weighted by Crippen LogP contribution is -2.35. The van der Waals surface area contributed by atoms with E-state index in [4.69, 9.17) is 12.2 Å². The van der Waals surface area contributed by atoms with Gasteiger partial charge in [0.05, 0.1) is 17.4 Å². The number of aryl methyl sites for hydroxylation is 2. The normalized spacial score (nSPS) is 10.8. The lowest BCUT2D eigenvalue weighted by Gasteiger charge is -2.26. The molecule has 156 valence electrons. The molecule has 0 aliphatic heterocycles. The number of rotatable bonds is 5. The van der Waals surface area contributed by atoms with Crippen LogP contribution in [0.25, 0.3) is 10.9 Å². The van der Waals surface area contributed by atoms with Gasteiger partial charge in [0, 0.05) is 12.2 Å². The highest BCUT2D eigenvalue weighted by Crippen LogP contribution is 2.18. The molecule has 2 N–H and O–H groups in total. The summed E-state index contributed by atoms with van der Waals surface area (Å²) in [5.74, 6) is 0.574. The SMILES string of the molecule is Cc1ccc(C)c(NC(=S)N(Cc2ccccc2)Cc2nc3ccccc3c(=O)[nH]2)c1. The molecule has 5 nitrogen and oxygen atoms in total. The third kappa shape index (κ3) is 4.98. The number of para-hydroxylation sites is 1. The second-order valence-electron chi connectivity index (χ2n) is 7.62. The average molecular weight is 429 g/mol. The summed E-state index contributed by atoms with van der Waals surface area (Å²) < 4.78 is 0. The topological polar surface area (TPSA) is 61.0 Å². The van der Waals surface area contributed by atoms with Gasteiger partial charge in [0.2, 0.25) is 0 Å². The molecule has 0 radical (unpaired) electrons. The number of aromatic amines is 1. The number of H-pyrrole nitrogens is 1. The van der Waals surface area contributed by atoms with Crippen LogP contribution in [0.2, 0.25) is 0 Å². The molecule has 0 saturated heterocycles. The van der Waals surface area contributed by atoms with Gasteiger partial charge in [-0.1, -0.05) is 54.6 Å². The molecule has 1 heterocycles. The summed E-state index contributed by atoms with van der Waals surface area (Å²) in [5, 5.41) is 4.54. The van der Waals surface area contributed by atoms with Crippen molar-refractivity contribution in [2.24, 2.45) is 0 Å². The van der Waals surface area contributed by atoms with Gasteiger partial charge in [-0.2, -0.15) is 0 Å². The number of anilines is 1. The number of fused-ring (bicyclic) bond motifs is 1. The molecule has 1 aromatic heterocycles. The van der Waals surface area contributed by atoms with Crippen LogP contribution in [-0.2, 0) is 13.1 Å². The van der Waals surface area contributed by atoms with E-state index in [0.717, 1.165) is 22.4 Å². The zero-order valence-corrected chi connectivity index (χ0v) is 18.4. The molecule has 31 heavy (non-hydrogen) atoms. The third-order valence-corrected chi connectivity index (χ3v) is 5.50. The molecule has 4 aromatic rings. The minimum atomic E-state index is -0.145. The average Bonchev–Trinajstić information content (AvgIpc) is 2.76. The molecule has 0 aliphatic rings. The minimum Gasteiger partial charge on any atom is -0.337 e. The van der Waals surface area contributed by atoms with Gasteiger partial charge in [-0.3, -0.25) is 4.79 Å². The molecule has 0 unspecified atom stereocenters. The molecule has 0 atom stereocenters. The monoisotopic (exact) mass is 428 g/mol. The molecule has 0 fully saturated rings.